The Bertz CT molecular complexity index is 656. The van der Waals surface area contributed by atoms with E-state index in [1.807, 2.05) is 0 Å². The first-order chi connectivity index (χ1) is 9.13. The molecule has 0 saturated carbocycles. The first kappa shape index (κ1) is 12.6. The molecule has 0 aromatic carbocycles. The Hall–Kier alpha value is -1.42. The van der Waals surface area contributed by atoms with Crippen molar-refractivity contribution in [3.05, 3.63) is 23.0 Å². The van der Waals surface area contributed by atoms with Crippen molar-refractivity contribution in [2.45, 2.75) is 22.8 Å². The molecule has 0 aliphatic carbocycles. The molecule has 0 unspecified atom stereocenters. The van der Waals surface area contributed by atoms with Crippen molar-refractivity contribution in [1.82, 2.24) is 19.5 Å². The van der Waals surface area contributed by atoms with Gasteiger partial charge in [0.15, 0.2) is 11.2 Å². The number of imidazole rings is 1. The SMILES string of the molecule is O=c1[nH]cnc2c1ncn2[C@@H]1S[C@@H](CO)[C@@H](O)[C@H]1O. The predicted molar refractivity (Wildman–Crippen MR) is 67.7 cm³/mol. The fourth-order valence-corrected chi connectivity index (χ4v) is 3.53. The van der Waals surface area contributed by atoms with Gasteiger partial charge in [-0.25, -0.2) is 9.97 Å². The number of aromatic nitrogens is 4. The van der Waals surface area contributed by atoms with Crippen molar-refractivity contribution in [2.75, 3.05) is 6.61 Å². The lowest BCUT2D eigenvalue weighted by Crippen LogP contribution is -2.32. The molecule has 0 bridgehead atoms. The van der Waals surface area contributed by atoms with Crippen LogP contribution in [0.3, 0.4) is 0 Å². The topological polar surface area (TPSA) is 124 Å². The molecule has 2 aromatic rings. The van der Waals surface area contributed by atoms with Crippen molar-refractivity contribution in [3.63, 3.8) is 0 Å². The van der Waals surface area contributed by atoms with Crippen molar-refractivity contribution in [1.29, 1.82) is 0 Å². The molecule has 1 fully saturated rings. The summed E-state index contributed by atoms with van der Waals surface area (Å²) in [5.41, 5.74) is 0.156. The number of fused-ring (bicyclic) bond motifs is 1. The number of aliphatic hydroxyl groups excluding tert-OH is 3. The van der Waals surface area contributed by atoms with Crippen LogP contribution >= 0.6 is 11.8 Å². The molecule has 2 aromatic heterocycles. The zero-order valence-electron chi connectivity index (χ0n) is 9.67. The molecule has 4 atom stereocenters. The summed E-state index contributed by atoms with van der Waals surface area (Å²) in [5.74, 6) is 0. The van der Waals surface area contributed by atoms with Crippen LogP contribution in [0.25, 0.3) is 11.2 Å². The lowest BCUT2D eigenvalue weighted by molar-refractivity contribution is 0.0113. The summed E-state index contributed by atoms with van der Waals surface area (Å²) in [6.45, 7) is -0.236. The Balaban J connectivity index is 2.06. The minimum atomic E-state index is -1.05. The maximum absolute atomic E-state index is 11.5. The highest BCUT2D eigenvalue weighted by Crippen LogP contribution is 2.42. The molecule has 3 rings (SSSR count). The number of hydrogen-bond acceptors (Lipinski definition) is 7. The van der Waals surface area contributed by atoms with E-state index in [0.717, 1.165) is 0 Å². The summed E-state index contributed by atoms with van der Waals surface area (Å²) in [6, 6.07) is 0. The van der Waals surface area contributed by atoms with E-state index in [1.54, 1.807) is 4.57 Å². The monoisotopic (exact) mass is 284 g/mol. The molecule has 0 spiro atoms. The number of thioether (sulfide) groups is 1. The van der Waals surface area contributed by atoms with Crippen LogP contribution in [0.15, 0.2) is 17.4 Å². The van der Waals surface area contributed by atoms with Gasteiger partial charge >= 0.3 is 0 Å². The number of aliphatic hydroxyl groups is 3. The second-order valence-corrected chi connectivity index (χ2v) is 5.65. The van der Waals surface area contributed by atoms with Gasteiger partial charge in [-0.3, -0.25) is 9.36 Å². The summed E-state index contributed by atoms with van der Waals surface area (Å²) in [7, 11) is 0. The van der Waals surface area contributed by atoms with Crippen molar-refractivity contribution in [3.8, 4) is 0 Å². The zero-order valence-corrected chi connectivity index (χ0v) is 10.5. The maximum atomic E-state index is 11.5. The first-order valence-electron chi connectivity index (χ1n) is 5.66. The quantitative estimate of drug-likeness (QED) is 0.526. The third-order valence-electron chi connectivity index (χ3n) is 3.16. The van der Waals surface area contributed by atoms with Gasteiger partial charge in [0.1, 0.15) is 11.5 Å². The van der Waals surface area contributed by atoms with Gasteiger partial charge in [-0.05, 0) is 0 Å². The van der Waals surface area contributed by atoms with E-state index >= 15 is 0 Å². The van der Waals surface area contributed by atoms with Crippen LogP contribution in [0.2, 0.25) is 0 Å². The van der Waals surface area contributed by atoms with Gasteiger partial charge in [-0.15, -0.1) is 11.8 Å². The summed E-state index contributed by atoms with van der Waals surface area (Å²) in [6.07, 6.45) is 0.579. The van der Waals surface area contributed by atoms with E-state index in [9.17, 15) is 15.0 Å². The zero-order chi connectivity index (χ0) is 13.6. The minimum absolute atomic E-state index is 0.178. The number of hydrogen-bond donors (Lipinski definition) is 4. The normalized spacial score (nSPS) is 31.1. The summed E-state index contributed by atoms with van der Waals surface area (Å²) in [5, 5.41) is 27.9. The fourth-order valence-electron chi connectivity index (χ4n) is 2.16. The molecule has 4 N–H and O–H groups in total. The number of rotatable bonds is 2. The Morgan fingerprint density at radius 1 is 1.37 bits per heavy atom. The van der Waals surface area contributed by atoms with Crippen molar-refractivity contribution in [2.24, 2.45) is 0 Å². The van der Waals surface area contributed by atoms with E-state index in [4.69, 9.17) is 5.11 Å². The van der Waals surface area contributed by atoms with E-state index in [1.165, 1.54) is 24.4 Å². The molecule has 9 heteroatoms. The van der Waals surface area contributed by atoms with Crippen LogP contribution < -0.4 is 5.56 Å². The molecule has 3 heterocycles. The van der Waals surface area contributed by atoms with Gasteiger partial charge < -0.3 is 20.3 Å². The van der Waals surface area contributed by atoms with Gasteiger partial charge in [0.2, 0.25) is 0 Å². The van der Waals surface area contributed by atoms with Gasteiger partial charge in [0.25, 0.3) is 5.56 Å². The van der Waals surface area contributed by atoms with E-state index in [0.29, 0.717) is 5.65 Å². The predicted octanol–water partition coefficient (Wildman–Crippen LogP) is -1.55. The summed E-state index contributed by atoms with van der Waals surface area (Å²) >= 11 is 1.23. The van der Waals surface area contributed by atoms with Crippen LogP contribution in [-0.4, -0.2) is 58.9 Å². The largest absolute Gasteiger partial charge is 0.395 e. The van der Waals surface area contributed by atoms with Crippen LogP contribution in [0, 0.1) is 0 Å². The molecule has 102 valence electrons. The molecular weight excluding hydrogens is 272 g/mol. The molecule has 8 nitrogen and oxygen atoms in total. The highest BCUT2D eigenvalue weighted by Gasteiger charge is 2.43. The number of H-pyrrole nitrogens is 1. The third-order valence-corrected chi connectivity index (χ3v) is 4.72. The Kier molecular flexibility index (Phi) is 3.05. The Morgan fingerprint density at radius 2 is 2.16 bits per heavy atom. The minimum Gasteiger partial charge on any atom is -0.395 e. The molecule has 1 aliphatic heterocycles. The van der Waals surface area contributed by atoms with Gasteiger partial charge in [0, 0.05) is 0 Å². The Labute approximate surface area is 111 Å². The molecule has 19 heavy (non-hydrogen) atoms. The molecule has 1 saturated heterocycles. The number of nitrogens with zero attached hydrogens (tertiary/aromatic N) is 3. The van der Waals surface area contributed by atoms with E-state index in [2.05, 4.69) is 15.0 Å². The van der Waals surface area contributed by atoms with Crippen molar-refractivity contribution < 1.29 is 15.3 Å². The lowest BCUT2D eigenvalue weighted by Gasteiger charge is -2.16. The third kappa shape index (κ3) is 1.86. The first-order valence-corrected chi connectivity index (χ1v) is 6.60. The summed E-state index contributed by atoms with van der Waals surface area (Å²) in [4.78, 5) is 22.0. The maximum Gasteiger partial charge on any atom is 0.278 e. The molecule has 0 radical (unpaired) electrons. The van der Waals surface area contributed by atoms with Crippen LogP contribution in [0.1, 0.15) is 5.37 Å². The van der Waals surface area contributed by atoms with Crippen molar-refractivity contribution >= 4 is 22.9 Å². The molecule has 0 amide bonds. The van der Waals surface area contributed by atoms with Crippen LogP contribution in [0.4, 0.5) is 0 Å². The van der Waals surface area contributed by atoms with E-state index < -0.39 is 22.8 Å². The highest BCUT2D eigenvalue weighted by atomic mass is 32.2. The fraction of sp³-hybridized carbons (Fsp3) is 0.500. The highest BCUT2D eigenvalue weighted by molar-refractivity contribution is 8.00. The smallest absolute Gasteiger partial charge is 0.278 e. The number of aromatic amines is 1. The van der Waals surface area contributed by atoms with Crippen LogP contribution in [-0.2, 0) is 0 Å². The Morgan fingerprint density at radius 3 is 2.84 bits per heavy atom. The molecule has 1 aliphatic rings. The van der Waals surface area contributed by atoms with E-state index in [-0.39, 0.29) is 17.7 Å². The standard InChI is InChI=1S/C10H12N4O4S/c15-1-4-6(16)7(17)10(19-4)14-3-13-5-8(14)11-2-12-9(5)18/h2-4,6-7,10,15-17H,1H2,(H,11,12,18)/t4-,6+,7+,10+/m0/s1. The second-order valence-electron chi connectivity index (χ2n) is 4.28. The average molecular weight is 284 g/mol. The lowest BCUT2D eigenvalue weighted by atomic mass is 10.1. The summed E-state index contributed by atoms with van der Waals surface area (Å²) < 4.78 is 1.54. The van der Waals surface area contributed by atoms with Gasteiger partial charge in [-0.1, -0.05) is 0 Å². The second kappa shape index (κ2) is 4.60. The average Bonchev–Trinajstić information content (AvgIpc) is 2.94. The molecular formula is C10H12N4O4S. The van der Waals surface area contributed by atoms with Crippen LogP contribution in [0.5, 0.6) is 0 Å². The van der Waals surface area contributed by atoms with Gasteiger partial charge in [-0.2, -0.15) is 0 Å². The van der Waals surface area contributed by atoms with Gasteiger partial charge in [0.05, 0.1) is 30.6 Å². The number of nitrogens with one attached hydrogen (secondary N) is 1.